The smallest absolute Gasteiger partial charge is 0.326 e. The van der Waals surface area contributed by atoms with Crippen molar-refractivity contribution >= 4 is 12.0 Å². The molecule has 1 fully saturated rings. The maximum Gasteiger partial charge on any atom is 0.326 e. The Morgan fingerprint density at radius 3 is 2.30 bits per heavy atom. The predicted molar refractivity (Wildman–Crippen MR) is 75.6 cm³/mol. The van der Waals surface area contributed by atoms with Gasteiger partial charge in [-0.1, -0.05) is 27.7 Å². The highest BCUT2D eigenvalue weighted by Crippen LogP contribution is 2.28. The van der Waals surface area contributed by atoms with Gasteiger partial charge in [0.15, 0.2) is 0 Å². The third-order valence-electron chi connectivity index (χ3n) is 3.76. The minimum Gasteiger partial charge on any atom is -0.480 e. The van der Waals surface area contributed by atoms with Crippen LogP contribution in [0.25, 0.3) is 0 Å². The molecule has 1 saturated heterocycles. The second kappa shape index (κ2) is 6.43. The van der Waals surface area contributed by atoms with Gasteiger partial charge < -0.3 is 20.5 Å². The first-order valence-corrected chi connectivity index (χ1v) is 6.99. The lowest BCUT2D eigenvalue weighted by atomic mass is 9.82. The van der Waals surface area contributed by atoms with E-state index in [9.17, 15) is 9.59 Å². The maximum absolute atomic E-state index is 11.9. The molecule has 1 heterocycles. The Bertz CT molecular complexity index is 357. The van der Waals surface area contributed by atoms with Gasteiger partial charge in [0.2, 0.25) is 0 Å². The predicted octanol–water partition coefficient (Wildman–Crippen LogP) is 1.60. The maximum atomic E-state index is 11.9. The van der Waals surface area contributed by atoms with Crippen LogP contribution in [-0.2, 0) is 9.53 Å². The van der Waals surface area contributed by atoms with Crippen LogP contribution in [0.3, 0.4) is 0 Å². The monoisotopic (exact) mass is 286 g/mol. The summed E-state index contributed by atoms with van der Waals surface area (Å²) in [4.78, 5) is 23.1. The number of ether oxygens (including phenoxy) is 1. The minimum atomic E-state index is -1.02. The lowest BCUT2D eigenvalue weighted by Crippen LogP contribution is -2.53. The van der Waals surface area contributed by atoms with Gasteiger partial charge in [0.25, 0.3) is 0 Å². The molecule has 0 aliphatic carbocycles. The Morgan fingerprint density at radius 1 is 1.30 bits per heavy atom. The summed E-state index contributed by atoms with van der Waals surface area (Å²) in [6.45, 7) is 9.40. The number of rotatable bonds is 4. The number of amides is 2. The number of hydrogen-bond donors (Lipinski definition) is 3. The molecule has 20 heavy (non-hydrogen) atoms. The van der Waals surface area contributed by atoms with E-state index in [1.807, 2.05) is 0 Å². The van der Waals surface area contributed by atoms with Crippen LogP contribution in [0.15, 0.2) is 0 Å². The third kappa shape index (κ3) is 5.00. The second-order valence-electron chi connectivity index (χ2n) is 6.89. The van der Waals surface area contributed by atoms with E-state index >= 15 is 0 Å². The number of aliphatic carboxylic acids is 1. The van der Waals surface area contributed by atoms with Gasteiger partial charge >= 0.3 is 12.0 Å². The van der Waals surface area contributed by atoms with Crippen LogP contribution in [0.5, 0.6) is 0 Å². The first-order chi connectivity index (χ1) is 9.14. The number of carboxylic acids is 1. The summed E-state index contributed by atoms with van der Waals surface area (Å²) < 4.78 is 5.31. The number of urea groups is 1. The standard InChI is InChI=1S/C14H26N2O4/c1-13(2,3)10(11(17)18)16-12(19)15-9-14(4)5-7-20-8-6-14/h10H,5-9H2,1-4H3,(H,17,18)(H2,15,16,19). The van der Waals surface area contributed by atoms with E-state index in [2.05, 4.69) is 17.6 Å². The van der Waals surface area contributed by atoms with E-state index in [1.165, 1.54) is 0 Å². The van der Waals surface area contributed by atoms with Crippen LogP contribution in [-0.4, -0.2) is 42.9 Å². The van der Waals surface area contributed by atoms with Crippen LogP contribution in [0.4, 0.5) is 4.79 Å². The Kier molecular flexibility index (Phi) is 5.39. The van der Waals surface area contributed by atoms with E-state index < -0.39 is 23.5 Å². The molecule has 1 atom stereocenters. The van der Waals surface area contributed by atoms with Crippen molar-refractivity contribution in [1.82, 2.24) is 10.6 Å². The number of carbonyl (C=O) groups is 2. The fourth-order valence-electron chi connectivity index (χ4n) is 2.17. The van der Waals surface area contributed by atoms with Crippen molar-refractivity contribution in [2.24, 2.45) is 10.8 Å². The number of carboxylic acid groups (broad SMARTS) is 1. The normalized spacial score (nSPS) is 20.0. The van der Waals surface area contributed by atoms with Gasteiger partial charge in [-0.25, -0.2) is 9.59 Å². The van der Waals surface area contributed by atoms with Gasteiger partial charge in [0, 0.05) is 19.8 Å². The topological polar surface area (TPSA) is 87.7 Å². The number of nitrogens with one attached hydrogen (secondary N) is 2. The summed E-state index contributed by atoms with van der Waals surface area (Å²) in [7, 11) is 0. The van der Waals surface area contributed by atoms with Crippen molar-refractivity contribution in [3.05, 3.63) is 0 Å². The Labute approximate surface area is 120 Å². The molecule has 0 bridgehead atoms. The highest BCUT2D eigenvalue weighted by molar-refractivity contribution is 5.83. The zero-order valence-corrected chi connectivity index (χ0v) is 12.8. The summed E-state index contributed by atoms with van der Waals surface area (Å²) in [6, 6.07) is -1.34. The average molecular weight is 286 g/mol. The first-order valence-electron chi connectivity index (χ1n) is 6.99. The molecule has 6 nitrogen and oxygen atoms in total. The highest BCUT2D eigenvalue weighted by Gasteiger charge is 2.33. The Morgan fingerprint density at radius 2 is 1.85 bits per heavy atom. The van der Waals surface area contributed by atoms with Crippen LogP contribution < -0.4 is 10.6 Å². The molecule has 2 amide bonds. The van der Waals surface area contributed by atoms with Gasteiger partial charge in [-0.2, -0.15) is 0 Å². The molecular formula is C14H26N2O4. The van der Waals surface area contributed by atoms with Crippen molar-refractivity contribution in [2.75, 3.05) is 19.8 Å². The van der Waals surface area contributed by atoms with E-state index in [4.69, 9.17) is 9.84 Å². The van der Waals surface area contributed by atoms with Gasteiger partial charge in [-0.15, -0.1) is 0 Å². The molecule has 3 N–H and O–H groups in total. The highest BCUT2D eigenvalue weighted by atomic mass is 16.5. The number of hydrogen-bond acceptors (Lipinski definition) is 3. The molecule has 0 saturated carbocycles. The Balaban J connectivity index is 2.48. The zero-order valence-electron chi connectivity index (χ0n) is 12.8. The summed E-state index contributed by atoms with van der Waals surface area (Å²) in [6.07, 6.45) is 1.80. The fourth-order valence-corrected chi connectivity index (χ4v) is 2.17. The number of carbonyl (C=O) groups excluding carboxylic acids is 1. The molecule has 1 aliphatic rings. The molecule has 116 valence electrons. The second-order valence-corrected chi connectivity index (χ2v) is 6.89. The van der Waals surface area contributed by atoms with Crippen molar-refractivity contribution in [1.29, 1.82) is 0 Å². The van der Waals surface area contributed by atoms with Gasteiger partial charge in [0.1, 0.15) is 6.04 Å². The van der Waals surface area contributed by atoms with Crippen LogP contribution >= 0.6 is 0 Å². The van der Waals surface area contributed by atoms with Gasteiger partial charge in [0.05, 0.1) is 0 Å². The Hall–Kier alpha value is -1.30. The van der Waals surface area contributed by atoms with Crippen molar-refractivity contribution in [3.63, 3.8) is 0 Å². The van der Waals surface area contributed by atoms with Crippen LogP contribution in [0, 0.1) is 10.8 Å². The van der Waals surface area contributed by atoms with E-state index in [1.54, 1.807) is 20.8 Å². The molecule has 0 radical (unpaired) electrons. The largest absolute Gasteiger partial charge is 0.480 e. The first kappa shape index (κ1) is 16.8. The SMILES string of the molecule is CC1(CNC(=O)NC(C(=O)O)C(C)(C)C)CCOCC1. The molecular weight excluding hydrogens is 260 g/mol. The molecule has 1 rings (SSSR count). The van der Waals surface area contributed by atoms with Crippen LogP contribution in [0.1, 0.15) is 40.5 Å². The van der Waals surface area contributed by atoms with E-state index in [0.717, 1.165) is 12.8 Å². The zero-order chi connectivity index (χ0) is 15.4. The quantitative estimate of drug-likeness (QED) is 0.732. The van der Waals surface area contributed by atoms with Crippen molar-refractivity contribution < 1.29 is 19.4 Å². The lowest BCUT2D eigenvalue weighted by molar-refractivity contribution is -0.141. The van der Waals surface area contributed by atoms with Gasteiger partial charge in [-0.05, 0) is 23.7 Å². The molecule has 1 aliphatic heterocycles. The minimum absolute atomic E-state index is 0.0239. The molecule has 0 aromatic carbocycles. The summed E-state index contributed by atoms with van der Waals surface area (Å²) in [5.41, 5.74) is -0.512. The summed E-state index contributed by atoms with van der Waals surface area (Å²) in [5.74, 6) is -1.02. The molecule has 0 spiro atoms. The fraction of sp³-hybridized carbons (Fsp3) is 0.857. The van der Waals surface area contributed by atoms with Crippen molar-refractivity contribution in [2.45, 2.75) is 46.6 Å². The van der Waals surface area contributed by atoms with E-state index in [0.29, 0.717) is 19.8 Å². The molecule has 0 aromatic rings. The summed E-state index contributed by atoms with van der Waals surface area (Å²) in [5, 5.41) is 14.5. The molecule has 6 heteroatoms. The summed E-state index contributed by atoms with van der Waals surface area (Å²) >= 11 is 0. The third-order valence-corrected chi connectivity index (χ3v) is 3.76. The van der Waals surface area contributed by atoms with E-state index in [-0.39, 0.29) is 5.41 Å². The average Bonchev–Trinajstić information content (AvgIpc) is 2.33. The lowest BCUT2D eigenvalue weighted by Gasteiger charge is -2.34. The van der Waals surface area contributed by atoms with Crippen LogP contribution in [0.2, 0.25) is 0 Å². The molecule has 1 unspecified atom stereocenters. The van der Waals surface area contributed by atoms with Gasteiger partial charge in [-0.3, -0.25) is 0 Å². The van der Waals surface area contributed by atoms with Crippen molar-refractivity contribution in [3.8, 4) is 0 Å². The molecule has 0 aromatic heterocycles.